The zero-order chi connectivity index (χ0) is 14.3. The van der Waals surface area contributed by atoms with E-state index in [-0.39, 0.29) is 0 Å². The summed E-state index contributed by atoms with van der Waals surface area (Å²) in [5.41, 5.74) is 0. The van der Waals surface area contributed by atoms with E-state index >= 15 is 0 Å². The second-order valence-electron chi connectivity index (χ2n) is 5.15. The maximum absolute atomic E-state index is 12.2. The third kappa shape index (κ3) is 5.32. The monoisotopic (exact) mass is 287 g/mol. The fourth-order valence-electron chi connectivity index (χ4n) is 2.38. The molecule has 1 aliphatic heterocycles. The second-order valence-corrected chi connectivity index (χ2v) is 6.26. The first-order valence-electron chi connectivity index (χ1n) is 7.43. The van der Waals surface area contributed by atoms with E-state index < -0.39 is 0 Å². The van der Waals surface area contributed by atoms with E-state index in [1.54, 1.807) is 11.8 Å². The fourth-order valence-corrected chi connectivity index (χ4v) is 3.26. The van der Waals surface area contributed by atoms with Crippen LogP contribution < -0.4 is 5.32 Å². The number of amides is 1. The van der Waals surface area contributed by atoms with Crippen molar-refractivity contribution < 1.29 is 4.79 Å². The van der Waals surface area contributed by atoms with Gasteiger partial charge in [-0.05, 0) is 26.9 Å². The summed E-state index contributed by atoms with van der Waals surface area (Å²) in [5.74, 6) is 1.97. The number of hydrogen-bond donors (Lipinski definition) is 1. The Hall–Kier alpha value is -0.260. The van der Waals surface area contributed by atoms with Gasteiger partial charge in [-0.1, -0.05) is 13.8 Å². The first kappa shape index (κ1) is 16.8. The number of piperazine rings is 1. The number of nitrogens with one attached hydrogen (secondary N) is 1. The molecule has 1 N–H and O–H groups in total. The maximum atomic E-state index is 12.2. The first-order valence-corrected chi connectivity index (χ1v) is 8.58. The van der Waals surface area contributed by atoms with Crippen LogP contribution in [0.3, 0.4) is 0 Å². The predicted octanol–water partition coefficient (Wildman–Crippen LogP) is 1.27. The molecule has 1 aliphatic rings. The van der Waals surface area contributed by atoms with Crippen molar-refractivity contribution in [2.45, 2.75) is 39.8 Å². The van der Waals surface area contributed by atoms with E-state index in [2.05, 4.69) is 37.9 Å². The SMILES string of the molecule is CCN(CC)CCSCC(=O)N1CCNC(C)C1C. The maximum Gasteiger partial charge on any atom is 0.232 e. The molecule has 0 saturated carbocycles. The van der Waals surface area contributed by atoms with Crippen LogP contribution in [0.2, 0.25) is 0 Å². The molecule has 1 amide bonds. The molecular weight excluding hydrogens is 258 g/mol. The van der Waals surface area contributed by atoms with Crippen LogP contribution in [0.4, 0.5) is 0 Å². The Bertz CT molecular complexity index is 271. The Kier molecular flexibility index (Phi) is 7.80. The lowest BCUT2D eigenvalue weighted by molar-refractivity contribution is -0.131. The highest BCUT2D eigenvalue weighted by Gasteiger charge is 2.27. The van der Waals surface area contributed by atoms with Crippen LogP contribution in [0.5, 0.6) is 0 Å². The third-order valence-corrected chi connectivity index (χ3v) is 4.95. The van der Waals surface area contributed by atoms with E-state index in [9.17, 15) is 4.79 Å². The van der Waals surface area contributed by atoms with Crippen LogP contribution in [0.1, 0.15) is 27.7 Å². The highest BCUT2D eigenvalue weighted by Crippen LogP contribution is 2.12. The summed E-state index contributed by atoms with van der Waals surface area (Å²) in [7, 11) is 0. The van der Waals surface area contributed by atoms with E-state index in [0.717, 1.165) is 38.5 Å². The van der Waals surface area contributed by atoms with E-state index in [1.165, 1.54) is 0 Å². The first-order chi connectivity index (χ1) is 9.10. The van der Waals surface area contributed by atoms with Gasteiger partial charge >= 0.3 is 0 Å². The van der Waals surface area contributed by atoms with Crippen LogP contribution in [-0.4, -0.2) is 72.0 Å². The third-order valence-electron chi connectivity index (χ3n) is 4.03. The smallest absolute Gasteiger partial charge is 0.232 e. The van der Waals surface area contributed by atoms with Crippen LogP contribution in [0, 0.1) is 0 Å². The average Bonchev–Trinajstić information content (AvgIpc) is 2.42. The van der Waals surface area contributed by atoms with Gasteiger partial charge in [0.25, 0.3) is 0 Å². The van der Waals surface area contributed by atoms with Crippen molar-refractivity contribution in [1.29, 1.82) is 0 Å². The zero-order valence-electron chi connectivity index (χ0n) is 12.8. The van der Waals surface area contributed by atoms with Crippen LogP contribution in [0.15, 0.2) is 0 Å². The molecular formula is C14H29N3OS. The molecule has 1 heterocycles. The van der Waals surface area contributed by atoms with Crippen molar-refractivity contribution in [3.63, 3.8) is 0 Å². The molecule has 1 fully saturated rings. The Morgan fingerprint density at radius 2 is 2.05 bits per heavy atom. The molecule has 112 valence electrons. The molecule has 1 saturated heterocycles. The highest BCUT2D eigenvalue weighted by molar-refractivity contribution is 7.99. The van der Waals surface area contributed by atoms with E-state index in [4.69, 9.17) is 0 Å². The van der Waals surface area contributed by atoms with E-state index in [1.807, 2.05) is 4.90 Å². The summed E-state index contributed by atoms with van der Waals surface area (Å²) in [6, 6.07) is 0.711. The Labute approximate surface area is 122 Å². The Balaban J connectivity index is 2.23. The summed E-state index contributed by atoms with van der Waals surface area (Å²) in [6.07, 6.45) is 0. The lowest BCUT2D eigenvalue weighted by Gasteiger charge is -2.38. The molecule has 19 heavy (non-hydrogen) atoms. The molecule has 5 heteroatoms. The quantitative estimate of drug-likeness (QED) is 0.715. The van der Waals surface area contributed by atoms with Crippen molar-refractivity contribution in [1.82, 2.24) is 15.1 Å². The molecule has 0 bridgehead atoms. The molecule has 0 aromatic heterocycles. The van der Waals surface area contributed by atoms with Gasteiger partial charge in [0.1, 0.15) is 0 Å². The summed E-state index contributed by atoms with van der Waals surface area (Å²) in [5, 5.41) is 3.41. The van der Waals surface area contributed by atoms with Crippen molar-refractivity contribution in [3.8, 4) is 0 Å². The molecule has 0 aromatic rings. The molecule has 0 radical (unpaired) electrons. The van der Waals surface area contributed by atoms with Gasteiger partial charge in [-0.2, -0.15) is 11.8 Å². The number of carbonyl (C=O) groups excluding carboxylic acids is 1. The van der Waals surface area contributed by atoms with Gasteiger partial charge in [0.2, 0.25) is 5.91 Å². The molecule has 1 rings (SSSR count). The molecule has 0 aromatic carbocycles. The summed E-state index contributed by atoms with van der Waals surface area (Å²) in [6.45, 7) is 13.7. The molecule has 2 unspecified atom stereocenters. The number of rotatable bonds is 7. The standard InChI is InChI=1S/C14H29N3OS/c1-5-16(6-2)9-10-19-11-14(18)17-8-7-15-12(3)13(17)4/h12-13,15H,5-11H2,1-4H3. The lowest BCUT2D eigenvalue weighted by atomic mass is 10.1. The largest absolute Gasteiger partial charge is 0.336 e. The Morgan fingerprint density at radius 1 is 1.37 bits per heavy atom. The topological polar surface area (TPSA) is 35.6 Å². The lowest BCUT2D eigenvalue weighted by Crippen LogP contribution is -2.57. The van der Waals surface area contributed by atoms with Gasteiger partial charge in [0.05, 0.1) is 5.75 Å². The fraction of sp³-hybridized carbons (Fsp3) is 0.929. The van der Waals surface area contributed by atoms with Gasteiger partial charge in [-0.15, -0.1) is 0 Å². The summed E-state index contributed by atoms with van der Waals surface area (Å²) < 4.78 is 0. The van der Waals surface area contributed by atoms with Gasteiger partial charge < -0.3 is 15.1 Å². The van der Waals surface area contributed by atoms with Crippen molar-refractivity contribution in [3.05, 3.63) is 0 Å². The number of thioether (sulfide) groups is 1. The van der Waals surface area contributed by atoms with Gasteiger partial charge in [0.15, 0.2) is 0 Å². The minimum Gasteiger partial charge on any atom is -0.336 e. The minimum absolute atomic E-state index is 0.297. The number of hydrogen-bond acceptors (Lipinski definition) is 4. The molecule has 4 nitrogen and oxygen atoms in total. The minimum atomic E-state index is 0.297. The number of nitrogens with zero attached hydrogens (tertiary/aromatic N) is 2. The average molecular weight is 287 g/mol. The predicted molar refractivity (Wildman–Crippen MR) is 83.8 cm³/mol. The van der Waals surface area contributed by atoms with Crippen LogP contribution in [0.25, 0.3) is 0 Å². The summed E-state index contributed by atoms with van der Waals surface area (Å²) >= 11 is 1.76. The van der Waals surface area contributed by atoms with Crippen molar-refractivity contribution >= 4 is 17.7 Å². The highest BCUT2D eigenvalue weighted by atomic mass is 32.2. The molecule has 0 spiro atoms. The zero-order valence-corrected chi connectivity index (χ0v) is 13.6. The summed E-state index contributed by atoms with van der Waals surface area (Å²) in [4.78, 5) is 16.6. The van der Waals surface area contributed by atoms with Gasteiger partial charge in [-0.3, -0.25) is 4.79 Å². The van der Waals surface area contributed by atoms with Gasteiger partial charge in [0, 0.05) is 37.5 Å². The second kappa shape index (κ2) is 8.82. The van der Waals surface area contributed by atoms with E-state index in [0.29, 0.717) is 23.7 Å². The number of carbonyl (C=O) groups is 1. The Morgan fingerprint density at radius 3 is 2.68 bits per heavy atom. The molecule has 2 atom stereocenters. The normalized spacial score (nSPS) is 23.9. The molecule has 0 aliphatic carbocycles. The van der Waals surface area contributed by atoms with Crippen LogP contribution in [-0.2, 0) is 4.79 Å². The van der Waals surface area contributed by atoms with Crippen molar-refractivity contribution in [2.24, 2.45) is 0 Å². The van der Waals surface area contributed by atoms with Crippen molar-refractivity contribution in [2.75, 3.05) is 44.2 Å². The van der Waals surface area contributed by atoms with Gasteiger partial charge in [-0.25, -0.2) is 0 Å². The van der Waals surface area contributed by atoms with Crippen LogP contribution >= 0.6 is 11.8 Å².